The van der Waals surface area contributed by atoms with Crippen molar-refractivity contribution < 1.29 is 31.9 Å². The third-order valence-corrected chi connectivity index (χ3v) is 5.39. The standard InChI is InChI=1S/C23H18F5N5O2/c1-11-2-4-14(12-6-7-33-17(9-12)31-22(29)32-33)19(26)18(11)21(35)30-10-23(27,28)20(34)13-3-5-15(24)16(25)8-13/h2-9,20,34H,10H2,1H3,(H2,29,32)(H,30,35)/t20-/m0/s1. The highest BCUT2D eigenvalue weighted by molar-refractivity contribution is 5.97. The molecule has 1 atom stereocenters. The molecule has 182 valence electrons. The van der Waals surface area contributed by atoms with Crippen LogP contribution in [0.5, 0.6) is 0 Å². The van der Waals surface area contributed by atoms with Crippen molar-refractivity contribution in [1.29, 1.82) is 0 Å². The smallest absolute Gasteiger partial charge is 0.294 e. The molecule has 0 fully saturated rings. The van der Waals surface area contributed by atoms with E-state index in [1.54, 1.807) is 0 Å². The first kappa shape index (κ1) is 24.1. The zero-order valence-electron chi connectivity index (χ0n) is 18.1. The summed E-state index contributed by atoms with van der Waals surface area (Å²) in [5.74, 6) is -8.74. The van der Waals surface area contributed by atoms with Crippen LogP contribution in [0.1, 0.15) is 27.6 Å². The van der Waals surface area contributed by atoms with E-state index >= 15 is 4.39 Å². The summed E-state index contributed by atoms with van der Waals surface area (Å²) in [5, 5.41) is 15.8. The van der Waals surface area contributed by atoms with Gasteiger partial charge in [-0.15, -0.1) is 5.10 Å². The fourth-order valence-electron chi connectivity index (χ4n) is 3.55. The summed E-state index contributed by atoms with van der Waals surface area (Å²) < 4.78 is 72.2. The predicted molar refractivity (Wildman–Crippen MR) is 116 cm³/mol. The van der Waals surface area contributed by atoms with E-state index in [0.29, 0.717) is 23.3 Å². The average Bonchev–Trinajstić information content (AvgIpc) is 3.18. The number of nitrogens with two attached hydrogens (primary N) is 1. The minimum Gasteiger partial charge on any atom is -0.382 e. The van der Waals surface area contributed by atoms with Gasteiger partial charge in [0.25, 0.3) is 11.8 Å². The molecular formula is C23H18F5N5O2. The van der Waals surface area contributed by atoms with Crippen LogP contribution in [0.3, 0.4) is 0 Å². The third-order valence-electron chi connectivity index (χ3n) is 5.39. The van der Waals surface area contributed by atoms with Crippen LogP contribution in [0.25, 0.3) is 16.8 Å². The number of anilines is 1. The number of rotatable bonds is 6. The van der Waals surface area contributed by atoms with Crippen molar-refractivity contribution in [2.75, 3.05) is 12.3 Å². The molecule has 0 aliphatic carbocycles. The van der Waals surface area contributed by atoms with Gasteiger partial charge in [0, 0.05) is 11.8 Å². The van der Waals surface area contributed by atoms with Crippen molar-refractivity contribution in [1.82, 2.24) is 19.9 Å². The number of hydrogen-bond donors (Lipinski definition) is 3. The maximum atomic E-state index is 15.4. The molecule has 0 unspecified atom stereocenters. The molecule has 0 radical (unpaired) electrons. The van der Waals surface area contributed by atoms with E-state index in [1.807, 2.05) is 5.32 Å². The molecule has 12 heteroatoms. The van der Waals surface area contributed by atoms with Gasteiger partial charge < -0.3 is 16.2 Å². The molecule has 2 aromatic heterocycles. The highest BCUT2D eigenvalue weighted by Gasteiger charge is 2.40. The Bertz CT molecular complexity index is 1440. The van der Waals surface area contributed by atoms with Gasteiger partial charge in [0.2, 0.25) is 5.95 Å². The fraction of sp³-hybridized carbons (Fsp3) is 0.174. The first-order chi connectivity index (χ1) is 16.5. The Hall–Kier alpha value is -4.06. The Morgan fingerprint density at radius 3 is 2.60 bits per heavy atom. The molecule has 1 amide bonds. The first-order valence-electron chi connectivity index (χ1n) is 10.2. The largest absolute Gasteiger partial charge is 0.382 e. The van der Waals surface area contributed by atoms with Gasteiger partial charge in [-0.05, 0) is 47.9 Å². The highest BCUT2D eigenvalue weighted by Crippen LogP contribution is 2.32. The number of pyridine rings is 1. The van der Waals surface area contributed by atoms with Gasteiger partial charge in [0.05, 0.1) is 12.1 Å². The predicted octanol–water partition coefficient (Wildman–Crippen LogP) is 3.80. The summed E-state index contributed by atoms with van der Waals surface area (Å²) in [6.07, 6.45) is -1.05. The van der Waals surface area contributed by atoms with E-state index in [-0.39, 0.29) is 17.1 Å². The number of nitrogen functional groups attached to an aromatic ring is 1. The number of nitrogens with one attached hydrogen (secondary N) is 1. The van der Waals surface area contributed by atoms with E-state index in [0.717, 1.165) is 6.07 Å². The van der Waals surface area contributed by atoms with Gasteiger partial charge in [-0.1, -0.05) is 18.2 Å². The topological polar surface area (TPSA) is 106 Å². The summed E-state index contributed by atoms with van der Waals surface area (Å²) in [6, 6.07) is 7.71. The summed E-state index contributed by atoms with van der Waals surface area (Å²) in [7, 11) is 0. The van der Waals surface area contributed by atoms with E-state index in [9.17, 15) is 27.5 Å². The van der Waals surface area contributed by atoms with Crippen molar-refractivity contribution in [2.24, 2.45) is 0 Å². The highest BCUT2D eigenvalue weighted by atomic mass is 19.3. The van der Waals surface area contributed by atoms with Crippen LogP contribution in [0.2, 0.25) is 0 Å². The van der Waals surface area contributed by atoms with Crippen LogP contribution in [0, 0.1) is 24.4 Å². The number of aromatic nitrogens is 3. The van der Waals surface area contributed by atoms with Crippen LogP contribution >= 0.6 is 0 Å². The second-order valence-corrected chi connectivity index (χ2v) is 7.83. The van der Waals surface area contributed by atoms with Crippen molar-refractivity contribution >= 4 is 17.5 Å². The molecule has 0 bridgehead atoms. The summed E-state index contributed by atoms with van der Waals surface area (Å²) in [5.41, 5.74) is 5.36. The average molecular weight is 491 g/mol. The maximum Gasteiger partial charge on any atom is 0.294 e. The normalized spacial score (nSPS) is 12.7. The molecule has 2 aromatic carbocycles. The first-order valence-corrected chi connectivity index (χ1v) is 10.2. The molecule has 0 aliphatic heterocycles. The van der Waals surface area contributed by atoms with Crippen LogP contribution in [-0.2, 0) is 0 Å². The molecule has 4 aromatic rings. The summed E-state index contributed by atoms with van der Waals surface area (Å²) >= 11 is 0. The number of fused-ring (bicyclic) bond motifs is 1. The lowest BCUT2D eigenvalue weighted by Gasteiger charge is -2.23. The molecule has 2 heterocycles. The fourth-order valence-corrected chi connectivity index (χ4v) is 3.55. The Balaban J connectivity index is 1.57. The number of hydrogen-bond acceptors (Lipinski definition) is 5. The number of aryl methyl sites for hydroxylation is 1. The van der Waals surface area contributed by atoms with E-state index in [1.165, 1.54) is 41.9 Å². The maximum absolute atomic E-state index is 15.4. The number of aliphatic hydroxyl groups excluding tert-OH is 1. The molecule has 35 heavy (non-hydrogen) atoms. The zero-order chi connectivity index (χ0) is 25.5. The van der Waals surface area contributed by atoms with E-state index < -0.39 is 53.1 Å². The number of halogens is 5. The Morgan fingerprint density at radius 2 is 1.89 bits per heavy atom. The lowest BCUT2D eigenvalue weighted by atomic mass is 9.98. The van der Waals surface area contributed by atoms with Crippen LogP contribution in [0.4, 0.5) is 27.9 Å². The number of carbonyl (C=O) groups excluding carboxylic acids is 1. The van der Waals surface area contributed by atoms with E-state index in [2.05, 4.69) is 10.1 Å². The molecule has 0 saturated heterocycles. The molecule has 4 rings (SSSR count). The zero-order valence-corrected chi connectivity index (χ0v) is 18.1. The number of carbonyl (C=O) groups is 1. The Morgan fingerprint density at radius 1 is 1.14 bits per heavy atom. The second kappa shape index (κ2) is 8.95. The van der Waals surface area contributed by atoms with Gasteiger partial charge in [0.15, 0.2) is 17.3 Å². The number of aliphatic hydroxyl groups is 1. The minimum atomic E-state index is -3.97. The summed E-state index contributed by atoms with van der Waals surface area (Å²) in [4.78, 5) is 16.7. The molecule has 0 saturated carbocycles. The number of nitrogens with zero attached hydrogens (tertiary/aromatic N) is 3. The molecule has 7 nitrogen and oxygen atoms in total. The third kappa shape index (κ3) is 4.64. The van der Waals surface area contributed by atoms with Gasteiger partial charge in [-0.25, -0.2) is 26.5 Å². The van der Waals surface area contributed by atoms with Crippen LogP contribution in [-0.4, -0.2) is 38.1 Å². The van der Waals surface area contributed by atoms with Gasteiger partial charge in [-0.2, -0.15) is 4.98 Å². The SMILES string of the molecule is Cc1ccc(-c2ccn3nc(N)nc3c2)c(F)c1C(=O)NCC(F)(F)[C@@H](O)c1ccc(F)c(F)c1. The van der Waals surface area contributed by atoms with Crippen LogP contribution in [0.15, 0.2) is 48.7 Å². The van der Waals surface area contributed by atoms with Crippen LogP contribution < -0.4 is 11.1 Å². The monoisotopic (exact) mass is 491 g/mol. The quantitative estimate of drug-likeness (QED) is 0.356. The number of benzene rings is 2. The number of alkyl halides is 2. The van der Waals surface area contributed by atoms with E-state index in [4.69, 9.17) is 5.73 Å². The van der Waals surface area contributed by atoms with Gasteiger partial charge in [-0.3, -0.25) is 4.79 Å². The molecular weight excluding hydrogens is 473 g/mol. The lowest BCUT2D eigenvalue weighted by Crippen LogP contribution is -2.41. The summed E-state index contributed by atoms with van der Waals surface area (Å²) in [6.45, 7) is 0.0402. The minimum absolute atomic E-state index is 0.0121. The second-order valence-electron chi connectivity index (χ2n) is 7.83. The van der Waals surface area contributed by atoms with Crippen molar-refractivity contribution in [2.45, 2.75) is 19.0 Å². The Kier molecular flexibility index (Phi) is 6.15. The van der Waals surface area contributed by atoms with Crippen molar-refractivity contribution in [3.8, 4) is 11.1 Å². The molecule has 0 spiro atoms. The van der Waals surface area contributed by atoms with Gasteiger partial charge in [0.1, 0.15) is 11.9 Å². The molecule has 0 aliphatic rings. The number of amides is 1. The van der Waals surface area contributed by atoms with Gasteiger partial charge >= 0.3 is 0 Å². The Labute approximate surface area is 195 Å². The van der Waals surface area contributed by atoms with Crippen molar-refractivity contribution in [3.63, 3.8) is 0 Å². The lowest BCUT2D eigenvalue weighted by molar-refractivity contribution is -0.106. The molecule has 4 N–H and O–H groups in total. The van der Waals surface area contributed by atoms with Crippen molar-refractivity contribution in [3.05, 3.63) is 82.8 Å².